The molecule has 8 heteroatoms. The van der Waals surface area contributed by atoms with Gasteiger partial charge in [-0.2, -0.15) is 0 Å². The number of rotatable bonds is 6. The fourth-order valence-corrected chi connectivity index (χ4v) is 2.53. The van der Waals surface area contributed by atoms with Gasteiger partial charge in [0.15, 0.2) is 5.76 Å². The highest BCUT2D eigenvalue weighted by Gasteiger charge is 2.23. The number of nitrogens with two attached hydrogens (primary N) is 2. The van der Waals surface area contributed by atoms with Gasteiger partial charge in [-0.15, -0.1) is 0 Å². The molecule has 0 aliphatic rings. The molecule has 1 atom stereocenters. The second kappa shape index (κ2) is 6.59. The molecule has 0 radical (unpaired) electrons. The molecule has 0 bridgehead atoms. The summed E-state index contributed by atoms with van der Waals surface area (Å²) in [5.41, 5.74) is 5.93. The van der Waals surface area contributed by atoms with E-state index in [1.54, 1.807) is 7.05 Å². The quantitative estimate of drug-likeness (QED) is 0.799. The maximum absolute atomic E-state index is 12.2. The predicted octanol–water partition coefficient (Wildman–Crippen LogP) is 0.681. The lowest BCUT2D eigenvalue weighted by Crippen LogP contribution is -2.34. The van der Waals surface area contributed by atoms with Gasteiger partial charge in [-0.3, -0.25) is 4.79 Å². The lowest BCUT2D eigenvalue weighted by molar-refractivity contribution is 0.0756. The van der Waals surface area contributed by atoms with E-state index in [-0.39, 0.29) is 22.5 Å². The Balaban J connectivity index is 2.80. The molecule has 0 saturated carbocycles. The molecule has 1 rings (SSSR count). The first-order chi connectivity index (χ1) is 9.54. The fourth-order valence-electron chi connectivity index (χ4n) is 1.82. The van der Waals surface area contributed by atoms with E-state index in [1.165, 1.54) is 11.8 Å². The Labute approximate surface area is 125 Å². The molecule has 4 N–H and O–H groups in total. The lowest BCUT2D eigenvalue weighted by atomic mass is 10.0. The van der Waals surface area contributed by atoms with Crippen molar-refractivity contribution < 1.29 is 17.6 Å². The van der Waals surface area contributed by atoms with Gasteiger partial charge < -0.3 is 15.1 Å². The number of hydrogen-bond acceptors (Lipinski definition) is 5. The Morgan fingerprint density at radius 1 is 1.43 bits per heavy atom. The van der Waals surface area contributed by atoms with Crippen LogP contribution in [0.5, 0.6) is 0 Å². The SMILES string of the molecule is Cc1oc(C(=O)N(C)CCC(N)C(C)C)cc1S(N)(=O)=O. The topological polar surface area (TPSA) is 120 Å². The van der Waals surface area contributed by atoms with E-state index < -0.39 is 15.9 Å². The van der Waals surface area contributed by atoms with Gasteiger partial charge >= 0.3 is 0 Å². The van der Waals surface area contributed by atoms with Crippen LogP contribution in [0.15, 0.2) is 15.4 Å². The minimum Gasteiger partial charge on any atom is -0.455 e. The van der Waals surface area contributed by atoms with Gasteiger partial charge in [0, 0.05) is 25.7 Å². The molecule has 0 saturated heterocycles. The standard InChI is InChI=1S/C13H23N3O4S/c1-8(2)10(14)5-6-16(4)13(17)11-7-12(9(3)20-11)21(15,18)19/h7-8,10H,5-6,14H2,1-4H3,(H2,15,18,19). The normalized spacial score (nSPS) is 13.5. The van der Waals surface area contributed by atoms with Crippen molar-refractivity contribution in [2.24, 2.45) is 16.8 Å². The number of hydrogen-bond donors (Lipinski definition) is 2. The number of aryl methyl sites for hydroxylation is 1. The molecule has 1 aromatic heterocycles. The van der Waals surface area contributed by atoms with Gasteiger partial charge in [0.25, 0.3) is 5.91 Å². The van der Waals surface area contributed by atoms with Crippen LogP contribution in [0.1, 0.15) is 36.6 Å². The molecule has 120 valence electrons. The van der Waals surface area contributed by atoms with Crippen LogP contribution in [-0.4, -0.2) is 38.9 Å². The van der Waals surface area contributed by atoms with Gasteiger partial charge in [-0.25, -0.2) is 13.6 Å². The van der Waals surface area contributed by atoms with Gasteiger partial charge in [0.2, 0.25) is 10.0 Å². The van der Waals surface area contributed by atoms with E-state index >= 15 is 0 Å². The lowest BCUT2D eigenvalue weighted by Gasteiger charge is -2.20. The maximum Gasteiger partial charge on any atom is 0.289 e. The Hall–Kier alpha value is -1.38. The van der Waals surface area contributed by atoms with Crippen molar-refractivity contribution in [1.29, 1.82) is 0 Å². The Morgan fingerprint density at radius 2 is 2.00 bits per heavy atom. The van der Waals surface area contributed by atoms with E-state index in [0.717, 1.165) is 6.07 Å². The number of carbonyl (C=O) groups excluding carboxylic acids is 1. The summed E-state index contributed by atoms with van der Waals surface area (Å²) < 4.78 is 27.8. The number of furan rings is 1. The van der Waals surface area contributed by atoms with Gasteiger partial charge in [0.05, 0.1) is 0 Å². The van der Waals surface area contributed by atoms with Crippen LogP contribution in [0.25, 0.3) is 0 Å². The Bertz CT molecular complexity index is 607. The number of sulfonamides is 1. The van der Waals surface area contributed by atoms with E-state index in [2.05, 4.69) is 0 Å². The third kappa shape index (κ3) is 4.55. The smallest absolute Gasteiger partial charge is 0.289 e. The summed E-state index contributed by atoms with van der Waals surface area (Å²) in [4.78, 5) is 13.5. The number of carbonyl (C=O) groups is 1. The molecule has 0 fully saturated rings. The van der Waals surface area contributed by atoms with E-state index in [1.807, 2.05) is 13.8 Å². The van der Waals surface area contributed by atoms with Gasteiger partial charge in [-0.1, -0.05) is 13.8 Å². The summed E-state index contributed by atoms with van der Waals surface area (Å²) >= 11 is 0. The second-order valence-electron chi connectivity index (χ2n) is 5.50. The van der Waals surface area contributed by atoms with Crippen molar-refractivity contribution in [2.45, 2.75) is 38.1 Å². The van der Waals surface area contributed by atoms with Crippen LogP contribution < -0.4 is 10.9 Å². The largest absolute Gasteiger partial charge is 0.455 e. The van der Waals surface area contributed by atoms with Gasteiger partial charge in [0.1, 0.15) is 10.7 Å². The molecule has 1 aromatic rings. The van der Waals surface area contributed by atoms with Crippen molar-refractivity contribution in [2.75, 3.05) is 13.6 Å². The summed E-state index contributed by atoms with van der Waals surface area (Å²) in [6.07, 6.45) is 0.654. The molecular formula is C13H23N3O4S. The zero-order chi connectivity index (χ0) is 16.4. The molecule has 7 nitrogen and oxygen atoms in total. The number of nitrogens with zero attached hydrogens (tertiary/aromatic N) is 1. The first-order valence-electron chi connectivity index (χ1n) is 6.68. The predicted molar refractivity (Wildman–Crippen MR) is 79.2 cm³/mol. The number of primary sulfonamides is 1. The Kier molecular flexibility index (Phi) is 5.54. The molecular weight excluding hydrogens is 294 g/mol. The molecule has 1 heterocycles. The molecule has 0 aliphatic heterocycles. The van der Waals surface area contributed by atoms with Crippen molar-refractivity contribution in [3.63, 3.8) is 0 Å². The van der Waals surface area contributed by atoms with E-state index in [0.29, 0.717) is 18.9 Å². The molecule has 1 unspecified atom stereocenters. The van der Waals surface area contributed by atoms with Crippen LogP contribution in [0, 0.1) is 12.8 Å². The highest BCUT2D eigenvalue weighted by Crippen LogP contribution is 2.19. The maximum atomic E-state index is 12.2. The van der Waals surface area contributed by atoms with Crippen LogP contribution in [0.2, 0.25) is 0 Å². The summed E-state index contributed by atoms with van der Waals surface area (Å²) in [5, 5.41) is 5.05. The third-order valence-corrected chi connectivity index (χ3v) is 4.41. The highest BCUT2D eigenvalue weighted by molar-refractivity contribution is 7.89. The number of amides is 1. The molecule has 1 amide bonds. The minimum absolute atomic E-state index is 0.00133. The summed E-state index contributed by atoms with van der Waals surface area (Å²) in [6, 6.07) is 1.16. The molecule has 0 spiro atoms. The average molecular weight is 317 g/mol. The Morgan fingerprint density at radius 3 is 2.43 bits per heavy atom. The first-order valence-corrected chi connectivity index (χ1v) is 8.23. The van der Waals surface area contributed by atoms with Crippen LogP contribution in [-0.2, 0) is 10.0 Å². The third-order valence-electron chi connectivity index (χ3n) is 3.39. The molecule has 21 heavy (non-hydrogen) atoms. The first kappa shape index (κ1) is 17.7. The minimum atomic E-state index is -3.89. The second-order valence-corrected chi connectivity index (χ2v) is 7.03. The van der Waals surface area contributed by atoms with Gasteiger partial charge in [-0.05, 0) is 19.3 Å². The van der Waals surface area contributed by atoms with Crippen LogP contribution in [0.3, 0.4) is 0 Å². The zero-order valence-corrected chi connectivity index (χ0v) is 13.6. The van der Waals surface area contributed by atoms with Crippen molar-refractivity contribution in [3.8, 4) is 0 Å². The van der Waals surface area contributed by atoms with Crippen molar-refractivity contribution in [3.05, 3.63) is 17.6 Å². The van der Waals surface area contributed by atoms with Crippen LogP contribution >= 0.6 is 0 Å². The van der Waals surface area contributed by atoms with Crippen molar-refractivity contribution >= 4 is 15.9 Å². The fraction of sp³-hybridized carbons (Fsp3) is 0.615. The van der Waals surface area contributed by atoms with Crippen molar-refractivity contribution in [1.82, 2.24) is 4.90 Å². The highest BCUT2D eigenvalue weighted by atomic mass is 32.2. The van der Waals surface area contributed by atoms with E-state index in [4.69, 9.17) is 15.3 Å². The summed E-state index contributed by atoms with van der Waals surface area (Å²) in [5.74, 6) is -0.0115. The summed E-state index contributed by atoms with van der Waals surface area (Å²) in [6.45, 7) is 5.94. The van der Waals surface area contributed by atoms with Crippen LogP contribution in [0.4, 0.5) is 0 Å². The monoisotopic (exact) mass is 317 g/mol. The van der Waals surface area contributed by atoms with E-state index in [9.17, 15) is 13.2 Å². The average Bonchev–Trinajstić information content (AvgIpc) is 2.76. The molecule has 0 aliphatic carbocycles. The molecule has 0 aromatic carbocycles. The zero-order valence-electron chi connectivity index (χ0n) is 12.8. The summed E-state index contributed by atoms with van der Waals surface area (Å²) in [7, 11) is -2.28.